The highest BCUT2D eigenvalue weighted by Gasteiger charge is 2.15. The van der Waals surface area contributed by atoms with Crippen LogP contribution in [0, 0.1) is 0 Å². The average Bonchev–Trinajstić information content (AvgIpc) is 3.35. The van der Waals surface area contributed by atoms with E-state index in [0.717, 1.165) is 52.9 Å². The molecule has 3 N–H and O–H groups in total. The number of nitrogens with zero attached hydrogens (tertiary/aromatic N) is 2. The van der Waals surface area contributed by atoms with E-state index in [9.17, 15) is 9.59 Å². The van der Waals surface area contributed by atoms with Gasteiger partial charge in [0.15, 0.2) is 0 Å². The summed E-state index contributed by atoms with van der Waals surface area (Å²) in [7, 11) is 0. The Hall–Kier alpha value is -5.11. The second-order valence-corrected chi connectivity index (χ2v) is 10.0. The quantitative estimate of drug-likeness (QED) is 0.0860. The monoisotopic (exact) mass is 562 g/mol. The molecular formula is C34H34N4O4. The number of aryl methyl sites for hydroxylation is 1. The Labute approximate surface area is 245 Å². The molecule has 1 heterocycles. The standard InChI is InChI=1S/C34H34N4O4/c1-2-3-13-32-37-29-19-18-26(33(39)36-21-20-35-27-9-5-4-6-10-27)22-30(29)38(32)23-24-14-16-25(17-15-24)28-11-7-8-12-31(28)42-34(40)41/h4-12,14-19,22,35H,2-3,13,20-21,23H2,1H3,(H,36,39)(H,40,41). The normalized spacial score (nSPS) is 10.9. The van der Waals surface area contributed by atoms with Gasteiger partial charge < -0.3 is 25.0 Å². The highest BCUT2D eigenvalue weighted by Crippen LogP contribution is 2.30. The number of unbranched alkanes of at least 4 members (excludes halogenated alkanes) is 1. The van der Waals surface area contributed by atoms with Gasteiger partial charge in [0.1, 0.15) is 11.6 Å². The molecule has 0 aliphatic heterocycles. The zero-order chi connectivity index (χ0) is 29.3. The average molecular weight is 563 g/mol. The highest BCUT2D eigenvalue weighted by atomic mass is 16.7. The number of anilines is 1. The Morgan fingerprint density at radius 1 is 0.905 bits per heavy atom. The molecular weight excluding hydrogens is 528 g/mol. The molecule has 214 valence electrons. The van der Waals surface area contributed by atoms with Gasteiger partial charge in [-0.3, -0.25) is 4.79 Å². The molecule has 1 aromatic heterocycles. The number of para-hydroxylation sites is 2. The van der Waals surface area contributed by atoms with Crippen molar-refractivity contribution in [2.75, 3.05) is 18.4 Å². The van der Waals surface area contributed by atoms with Crippen LogP contribution in [0.1, 0.15) is 41.5 Å². The summed E-state index contributed by atoms with van der Waals surface area (Å²) in [5, 5.41) is 15.4. The lowest BCUT2D eigenvalue weighted by atomic mass is 10.0. The Bertz CT molecular complexity index is 1660. The van der Waals surface area contributed by atoms with Gasteiger partial charge in [-0.05, 0) is 53.9 Å². The van der Waals surface area contributed by atoms with Gasteiger partial charge in [0.2, 0.25) is 0 Å². The molecule has 4 aromatic carbocycles. The third-order valence-corrected chi connectivity index (χ3v) is 7.05. The maximum absolute atomic E-state index is 13.0. The van der Waals surface area contributed by atoms with Gasteiger partial charge in [-0.25, -0.2) is 9.78 Å². The summed E-state index contributed by atoms with van der Waals surface area (Å²) in [6, 6.07) is 30.6. The summed E-state index contributed by atoms with van der Waals surface area (Å²) in [5.74, 6) is 1.16. The fourth-order valence-electron chi connectivity index (χ4n) is 4.92. The summed E-state index contributed by atoms with van der Waals surface area (Å²) in [6.45, 7) is 3.88. The summed E-state index contributed by atoms with van der Waals surface area (Å²) in [5.41, 5.74) is 6.02. The second-order valence-electron chi connectivity index (χ2n) is 10.0. The molecule has 0 atom stereocenters. The molecule has 0 fully saturated rings. The molecule has 1 amide bonds. The zero-order valence-corrected chi connectivity index (χ0v) is 23.5. The van der Waals surface area contributed by atoms with Crippen molar-refractivity contribution in [2.24, 2.45) is 0 Å². The van der Waals surface area contributed by atoms with Gasteiger partial charge in [0, 0.05) is 42.9 Å². The number of benzene rings is 4. The molecule has 0 aliphatic rings. The maximum Gasteiger partial charge on any atom is 0.511 e. The predicted molar refractivity (Wildman–Crippen MR) is 165 cm³/mol. The summed E-state index contributed by atoms with van der Waals surface area (Å²) < 4.78 is 7.16. The van der Waals surface area contributed by atoms with Gasteiger partial charge in [-0.2, -0.15) is 0 Å². The SMILES string of the molecule is CCCCc1nc2ccc(C(=O)NCCNc3ccccc3)cc2n1Cc1ccc(-c2ccccc2OC(=O)O)cc1. The molecule has 0 radical (unpaired) electrons. The number of ether oxygens (including phenoxy) is 1. The third kappa shape index (κ3) is 6.96. The molecule has 0 unspecified atom stereocenters. The van der Waals surface area contributed by atoms with E-state index in [1.165, 1.54) is 0 Å². The topological polar surface area (TPSA) is 105 Å². The van der Waals surface area contributed by atoms with Gasteiger partial charge >= 0.3 is 6.16 Å². The molecule has 0 aliphatic carbocycles. The number of carboxylic acid groups (broad SMARTS) is 1. The van der Waals surface area contributed by atoms with Gasteiger partial charge in [-0.1, -0.05) is 74.0 Å². The molecule has 8 nitrogen and oxygen atoms in total. The first-order chi connectivity index (χ1) is 20.5. The summed E-state index contributed by atoms with van der Waals surface area (Å²) >= 11 is 0. The van der Waals surface area contributed by atoms with Crippen LogP contribution in [0.5, 0.6) is 5.75 Å². The lowest BCUT2D eigenvalue weighted by Gasteiger charge is -2.12. The minimum atomic E-state index is -1.34. The van der Waals surface area contributed by atoms with Crippen LogP contribution < -0.4 is 15.4 Å². The molecule has 0 saturated carbocycles. The first-order valence-electron chi connectivity index (χ1n) is 14.2. The number of fused-ring (bicyclic) bond motifs is 1. The van der Waals surface area contributed by atoms with E-state index in [4.69, 9.17) is 14.8 Å². The van der Waals surface area contributed by atoms with Crippen LogP contribution in [0.25, 0.3) is 22.2 Å². The zero-order valence-electron chi connectivity index (χ0n) is 23.5. The Balaban J connectivity index is 1.34. The number of carbonyl (C=O) groups is 2. The van der Waals surface area contributed by atoms with E-state index < -0.39 is 6.16 Å². The minimum Gasteiger partial charge on any atom is -0.449 e. The third-order valence-electron chi connectivity index (χ3n) is 7.05. The Kier molecular flexibility index (Phi) is 9.13. The lowest BCUT2D eigenvalue weighted by Crippen LogP contribution is -2.28. The van der Waals surface area contributed by atoms with E-state index in [-0.39, 0.29) is 5.91 Å². The van der Waals surface area contributed by atoms with Gasteiger partial charge in [0.05, 0.1) is 11.0 Å². The largest absolute Gasteiger partial charge is 0.511 e. The number of rotatable bonds is 12. The van der Waals surface area contributed by atoms with Crippen molar-refractivity contribution < 1.29 is 19.4 Å². The lowest BCUT2D eigenvalue weighted by molar-refractivity contribution is 0.0955. The summed E-state index contributed by atoms with van der Waals surface area (Å²) in [6.07, 6.45) is 1.57. The number of nitrogens with one attached hydrogen (secondary N) is 2. The van der Waals surface area contributed by atoms with Crippen molar-refractivity contribution in [3.8, 4) is 16.9 Å². The van der Waals surface area contributed by atoms with E-state index in [1.807, 2.05) is 84.9 Å². The van der Waals surface area contributed by atoms with Crippen LogP contribution in [-0.4, -0.2) is 39.8 Å². The van der Waals surface area contributed by atoms with Crippen LogP contribution in [0.3, 0.4) is 0 Å². The van der Waals surface area contributed by atoms with Crippen LogP contribution in [0.4, 0.5) is 10.5 Å². The van der Waals surface area contributed by atoms with Crippen LogP contribution in [0.2, 0.25) is 0 Å². The van der Waals surface area contributed by atoms with Crippen molar-refractivity contribution in [3.63, 3.8) is 0 Å². The van der Waals surface area contributed by atoms with Crippen molar-refractivity contribution in [3.05, 3.63) is 114 Å². The fourth-order valence-corrected chi connectivity index (χ4v) is 4.92. The van der Waals surface area contributed by atoms with Crippen molar-refractivity contribution in [2.45, 2.75) is 32.7 Å². The highest BCUT2D eigenvalue weighted by molar-refractivity contribution is 5.97. The minimum absolute atomic E-state index is 0.124. The van der Waals surface area contributed by atoms with Gasteiger partial charge in [0.25, 0.3) is 5.91 Å². The van der Waals surface area contributed by atoms with Crippen molar-refractivity contribution in [1.29, 1.82) is 0 Å². The van der Waals surface area contributed by atoms with E-state index >= 15 is 0 Å². The maximum atomic E-state index is 13.0. The van der Waals surface area contributed by atoms with Crippen LogP contribution >= 0.6 is 0 Å². The first-order valence-corrected chi connectivity index (χ1v) is 14.2. The number of carbonyl (C=O) groups excluding carboxylic acids is 1. The number of hydrogen-bond donors (Lipinski definition) is 3. The van der Waals surface area contributed by atoms with Crippen LogP contribution in [0.15, 0.2) is 97.1 Å². The summed E-state index contributed by atoms with van der Waals surface area (Å²) in [4.78, 5) is 29.0. The van der Waals surface area contributed by atoms with E-state index in [2.05, 4.69) is 22.1 Å². The fraction of sp³-hybridized carbons (Fsp3) is 0.206. The van der Waals surface area contributed by atoms with E-state index in [0.29, 0.717) is 36.5 Å². The molecule has 5 rings (SSSR count). The molecule has 0 saturated heterocycles. The number of aromatic nitrogens is 2. The number of hydrogen-bond acceptors (Lipinski definition) is 5. The molecule has 0 spiro atoms. The predicted octanol–water partition coefficient (Wildman–Crippen LogP) is 6.99. The number of imidazole rings is 1. The van der Waals surface area contributed by atoms with Crippen molar-refractivity contribution >= 4 is 28.8 Å². The van der Waals surface area contributed by atoms with Crippen molar-refractivity contribution in [1.82, 2.24) is 14.9 Å². The van der Waals surface area contributed by atoms with E-state index in [1.54, 1.807) is 12.1 Å². The van der Waals surface area contributed by atoms with Gasteiger partial charge in [-0.15, -0.1) is 0 Å². The molecule has 8 heteroatoms. The Morgan fingerprint density at radius 3 is 2.43 bits per heavy atom. The molecule has 0 bridgehead atoms. The smallest absolute Gasteiger partial charge is 0.449 e. The number of amides is 1. The molecule has 42 heavy (non-hydrogen) atoms. The molecule has 5 aromatic rings. The van der Waals surface area contributed by atoms with Crippen LogP contribution in [-0.2, 0) is 13.0 Å². The second kappa shape index (κ2) is 13.5. The first kappa shape index (κ1) is 28.4. The Morgan fingerprint density at radius 2 is 1.67 bits per heavy atom.